The van der Waals surface area contributed by atoms with E-state index >= 15 is 0 Å². The summed E-state index contributed by atoms with van der Waals surface area (Å²) in [4.78, 5) is 24.5. The van der Waals surface area contributed by atoms with Gasteiger partial charge in [0, 0.05) is 42.7 Å². The van der Waals surface area contributed by atoms with Crippen molar-refractivity contribution in [1.29, 1.82) is 0 Å². The first-order valence-corrected chi connectivity index (χ1v) is 10.2. The van der Waals surface area contributed by atoms with Crippen LogP contribution in [0.3, 0.4) is 0 Å². The van der Waals surface area contributed by atoms with E-state index < -0.39 is 0 Å². The molecule has 3 rings (SSSR count). The molecule has 2 heterocycles. The Hall–Kier alpha value is -2.90. The van der Waals surface area contributed by atoms with E-state index in [1.165, 1.54) is 6.42 Å². The summed E-state index contributed by atoms with van der Waals surface area (Å²) < 4.78 is 2.18. The second kappa shape index (κ2) is 9.07. The first-order chi connectivity index (χ1) is 13.8. The molecule has 0 unspecified atom stereocenters. The minimum Gasteiger partial charge on any atom is -0.347 e. The van der Waals surface area contributed by atoms with E-state index in [1.807, 2.05) is 20.8 Å². The summed E-state index contributed by atoms with van der Waals surface area (Å²) in [5, 5.41) is 17.1. The number of nitrogens with zero attached hydrogens (tertiary/aromatic N) is 3. The number of carbonyl (C=O) groups is 2. The van der Waals surface area contributed by atoms with Crippen molar-refractivity contribution in [2.24, 2.45) is 0 Å². The average Bonchev–Trinajstić information content (AvgIpc) is 2.87. The summed E-state index contributed by atoms with van der Waals surface area (Å²) in [7, 11) is 0. The second-order valence-corrected chi connectivity index (χ2v) is 8.41. The number of urea groups is 1. The number of benzene rings is 1. The maximum absolute atomic E-state index is 12.3. The number of hydrogen-bond donors (Lipinski definition) is 3. The summed E-state index contributed by atoms with van der Waals surface area (Å²) in [5.41, 5.74) is 0.752. The van der Waals surface area contributed by atoms with Crippen LogP contribution < -0.4 is 16.0 Å². The molecule has 0 aliphatic carbocycles. The molecule has 1 aromatic carbocycles. The Balaban J connectivity index is 1.51. The number of nitrogens with one attached hydrogen (secondary N) is 3. The molecule has 156 valence electrons. The molecule has 1 aliphatic rings. The molecule has 29 heavy (non-hydrogen) atoms. The van der Waals surface area contributed by atoms with E-state index in [0.29, 0.717) is 24.2 Å². The topological polar surface area (TPSA) is 101 Å². The molecule has 0 fully saturated rings. The van der Waals surface area contributed by atoms with Crippen LogP contribution in [0.5, 0.6) is 0 Å². The fraction of sp³-hybridized carbons (Fsp3) is 0.524. The van der Waals surface area contributed by atoms with Crippen molar-refractivity contribution in [2.75, 3.05) is 11.9 Å². The van der Waals surface area contributed by atoms with Gasteiger partial charge in [0.15, 0.2) is 0 Å². The van der Waals surface area contributed by atoms with Crippen molar-refractivity contribution in [3.63, 3.8) is 0 Å². The lowest BCUT2D eigenvalue weighted by atomic mass is 10.1. The van der Waals surface area contributed by atoms with Gasteiger partial charge < -0.3 is 20.5 Å². The Morgan fingerprint density at radius 2 is 1.97 bits per heavy atom. The number of carbonyl (C=O) groups excluding carboxylic acids is 2. The van der Waals surface area contributed by atoms with Crippen LogP contribution in [0, 0.1) is 0 Å². The number of amides is 3. The van der Waals surface area contributed by atoms with Gasteiger partial charge in [-0.1, -0.05) is 12.5 Å². The molecule has 0 spiro atoms. The lowest BCUT2D eigenvalue weighted by Crippen LogP contribution is -2.40. The van der Waals surface area contributed by atoms with Crippen LogP contribution >= 0.6 is 0 Å². The van der Waals surface area contributed by atoms with Gasteiger partial charge in [-0.05, 0) is 51.8 Å². The highest BCUT2D eigenvalue weighted by molar-refractivity contribution is 5.97. The minimum atomic E-state index is -0.322. The smallest absolute Gasteiger partial charge is 0.319 e. The highest BCUT2D eigenvalue weighted by atomic mass is 16.2. The van der Waals surface area contributed by atoms with E-state index in [1.54, 1.807) is 24.3 Å². The van der Waals surface area contributed by atoms with Crippen molar-refractivity contribution in [2.45, 2.75) is 65.0 Å². The fourth-order valence-electron chi connectivity index (χ4n) is 3.34. The van der Waals surface area contributed by atoms with Crippen molar-refractivity contribution < 1.29 is 9.59 Å². The Labute approximate surface area is 171 Å². The highest BCUT2D eigenvalue weighted by Crippen LogP contribution is 2.15. The third kappa shape index (κ3) is 6.04. The van der Waals surface area contributed by atoms with Crippen LogP contribution in [0.1, 0.15) is 62.0 Å². The molecule has 0 saturated carbocycles. The zero-order chi connectivity index (χ0) is 20.9. The van der Waals surface area contributed by atoms with Gasteiger partial charge in [0.25, 0.3) is 5.91 Å². The number of rotatable bonds is 5. The summed E-state index contributed by atoms with van der Waals surface area (Å²) in [6.07, 6.45) is 5.13. The lowest BCUT2D eigenvalue weighted by molar-refractivity contribution is 0.0919. The monoisotopic (exact) mass is 398 g/mol. The Bertz CT molecular complexity index is 868. The van der Waals surface area contributed by atoms with Gasteiger partial charge in [0.2, 0.25) is 0 Å². The average molecular weight is 399 g/mol. The van der Waals surface area contributed by atoms with Gasteiger partial charge in [-0.15, -0.1) is 10.2 Å². The zero-order valence-corrected chi connectivity index (χ0v) is 17.4. The normalized spacial score (nSPS) is 13.9. The van der Waals surface area contributed by atoms with E-state index in [9.17, 15) is 9.59 Å². The third-order valence-electron chi connectivity index (χ3n) is 4.69. The zero-order valence-electron chi connectivity index (χ0n) is 17.4. The Morgan fingerprint density at radius 1 is 1.14 bits per heavy atom. The van der Waals surface area contributed by atoms with Gasteiger partial charge in [-0.25, -0.2) is 4.79 Å². The maximum atomic E-state index is 12.3. The van der Waals surface area contributed by atoms with E-state index in [4.69, 9.17) is 0 Å². The molecule has 3 N–H and O–H groups in total. The molecule has 2 aromatic rings. The van der Waals surface area contributed by atoms with Crippen LogP contribution in [0.2, 0.25) is 0 Å². The van der Waals surface area contributed by atoms with Gasteiger partial charge in [0.1, 0.15) is 11.6 Å². The van der Waals surface area contributed by atoms with Crippen LogP contribution in [0.15, 0.2) is 24.3 Å². The molecule has 8 heteroatoms. The molecular formula is C21H30N6O2. The number of aromatic nitrogens is 3. The third-order valence-corrected chi connectivity index (χ3v) is 4.69. The molecule has 0 bridgehead atoms. The molecule has 0 saturated heterocycles. The fourth-order valence-corrected chi connectivity index (χ4v) is 3.34. The Morgan fingerprint density at radius 3 is 2.76 bits per heavy atom. The molecular weight excluding hydrogens is 368 g/mol. The summed E-state index contributed by atoms with van der Waals surface area (Å²) >= 11 is 0. The largest absolute Gasteiger partial charge is 0.347 e. The van der Waals surface area contributed by atoms with E-state index in [0.717, 1.165) is 37.5 Å². The predicted molar refractivity (Wildman–Crippen MR) is 112 cm³/mol. The second-order valence-electron chi connectivity index (χ2n) is 8.41. The number of hydrogen-bond acceptors (Lipinski definition) is 4. The minimum absolute atomic E-state index is 0.172. The number of aryl methyl sites for hydroxylation is 1. The highest BCUT2D eigenvalue weighted by Gasteiger charge is 2.16. The van der Waals surface area contributed by atoms with Crippen molar-refractivity contribution in [1.82, 2.24) is 25.4 Å². The maximum Gasteiger partial charge on any atom is 0.319 e. The van der Waals surface area contributed by atoms with Crippen LogP contribution in [0.4, 0.5) is 10.5 Å². The van der Waals surface area contributed by atoms with Gasteiger partial charge in [-0.2, -0.15) is 0 Å². The Kier molecular flexibility index (Phi) is 6.51. The van der Waals surface area contributed by atoms with Crippen molar-refractivity contribution in [3.05, 3.63) is 41.5 Å². The van der Waals surface area contributed by atoms with E-state index in [-0.39, 0.29) is 17.5 Å². The predicted octanol–water partition coefficient (Wildman–Crippen LogP) is 2.90. The summed E-state index contributed by atoms with van der Waals surface area (Å²) in [6.45, 7) is 7.19. The number of fused-ring (bicyclic) bond motifs is 1. The van der Waals surface area contributed by atoms with Crippen molar-refractivity contribution >= 4 is 17.6 Å². The quantitative estimate of drug-likeness (QED) is 0.721. The first-order valence-electron chi connectivity index (χ1n) is 10.2. The van der Waals surface area contributed by atoms with Crippen LogP contribution in [0.25, 0.3) is 0 Å². The van der Waals surface area contributed by atoms with Gasteiger partial charge >= 0.3 is 6.03 Å². The van der Waals surface area contributed by atoms with Gasteiger partial charge in [-0.3, -0.25) is 4.79 Å². The van der Waals surface area contributed by atoms with Crippen molar-refractivity contribution in [3.8, 4) is 0 Å². The summed E-state index contributed by atoms with van der Waals surface area (Å²) in [6, 6.07) is 6.58. The van der Waals surface area contributed by atoms with E-state index in [2.05, 4.69) is 30.7 Å². The number of anilines is 1. The molecule has 0 atom stereocenters. The molecule has 0 radical (unpaired) electrons. The van der Waals surface area contributed by atoms with Crippen LogP contribution in [-0.4, -0.2) is 38.8 Å². The SMILES string of the molecule is CC(C)(C)NC(=O)c1cccc(NC(=O)NCCc2nnc3n2CCCCC3)c1. The first kappa shape index (κ1) is 20.8. The molecule has 1 aromatic heterocycles. The molecule has 1 aliphatic heterocycles. The standard InChI is InChI=1S/C21H30N6O2/c1-21(2,3)24-19(28)15-8-7-9-16(14-15)23-20(29)22-12-11-18-26-25-17-10-5-4-6-13-27(17)18/h7-9,14H,4-6,10-13H2,1-3H3,(H,24,28)(H2,22,23,29). The molecule has 3 amide bonds. The molecule has 8 nitrogen and oxygen atoms in total. The van der Waals surface area contributed by atoms with Crippen LogP contribution in [-0.2, 0) is 19.4 Å². The lowest BCUT2D eigenvalue weighted by Gasteiger charge is -2.20. The van der Waals surface area contributed by atoms with Gasteiger partial charge in [0.05, 0.1) is 0 Å². The summed E-state index contributed by atoms with van der Waals surface area (Å²) in [5.74, 6) is 1.80.